The third kappa shape index (κ3) is 3.24. The van der Waals surface area contributed by atoms with Gasteiger partial charge in [0.1, 0.15) is 22.8 Å². The van der Waals surface area contributed by atoms with Crippen LogP contribution in [0.3, 0.4) is 0 Å². The predicted molar refractivity (Wildman–Crippen MR) is 95.2 cm³/mol. The van der Waals surface area contributed by atoms with Gasteiger partial charge in [-0.25, -0.2) is 26.6 Å². The van der Waals surface area contributed by atoms with Crippen molar-refractivity contribution in [3.05, 3.63) is 68.8 Å². The highest BCUT2D eigenvalue weighted by atomic mass is 79.9. The van der Waals surface area contributed by atoms with Crippen LogP contribution in [-0.4, -0.2) is 19.2 Å². The quantitative estimate of drug-likeness (QED) is 0.616. The van der Waals surface area contributed by atoms with Crippen LogP contribution in [0, 0.1) is 18.6 Å². The van der Waals surface area contributed by atoms with E-state index in [0.29, 0.717) is 11.8 Å². The molecule has 0 N–H and O–H groups in total. The number of hydrogen-bond acceptors (Lipinski definition) is 4. The lowest BCUT2D eigenvalue weighted by Gasteiger charge is -2.10. The minimum absolute atomic E-state index is 0.0341. The van der Waals surface area contributed by atoms with Crippen LogP contribution in [0.2, 0.25) is 0 Å². The Hall–Kier alpha value is -2.26. The molecule has 136 valence electrons. The average molecular weight is 444 g/mol. The Labute approximate surface area is 155 Å². The van der Waals surface area contributed by atoms with Crippen LogP contribution in [-0.2, 0) is 9.84 Å². The maximum absolute atomic E-state index is 14.5. The average Bonchev–Trinajstić information content (AvgIpc) is 2.92. The first-order valence-corrected chi connectivity index (χ1v) is 9.94. The maximum atomic E-state index is 14.5. The Morgan fingerprint density at radius 1 is 1.12 bits per heavy atom. The highest BCUT2D eigenvalue weighted by Gasteiger charge is 2.22. The van der Waals surface area contributed by atoms with E-state index in [-0.39, 0.29) is 11.3 Å². The van der Waals surface area contributed by atoms with Crippen LogP contribution in [0.25, 0.3) is 16.9 Å². The van der Waals surface area contributed by atoms with E-state index >= 15 is 0 Å². The molecule has 0 aliphatic heterocycles. The molecule has 0 saturated heterocycles. The van der Waals surface area contributed by atoms with Gasteiger partial charge in [-0.15, -0.1) is 0 Å². The predicted octanol–water partition coefficient (Wildman–Crippen LogP) is 3.85. The number of nitrogens with zero attached hydrogens (tertiary/aromatic N) is 1. The summed E-state index contributed by atoms with van der Waals surface area (Å²) in [4.78, 5) is 11.4. The van der Waals surface area contributed by atoms with E-state index in [1.165, 1.54) is 0 Å². The fraction of sp³-hybridized carbons (Fsp3) is 0.118. The van der Waals surface area contributed by atoms with Gasteiger partial charge in [0, 0.05) is 16.3 Å². The second kappa shape index (κ2) is 6.48. The van der Waals surface area contributed by atoms with Gasteiger partial charge in [0.25, 0.3) is 0 Å². The molecule has 2 aromatic carbocycles. The zero-order valence-corrected chi connectivity index (χ0v) is 16.0. The van der Waals surface area contributed by atoms with Crippen molar-refractivity contribution in [1.29, 1.82) is 0 Å². The molecule has 3 rings (SSSR count). The summed E-state index contributed by atoms with van der Waals surface area (Å²) in [6.45, 7) is 1.81. The van der Waals surface area contributed by atoms with Gasteiger partial charge in [-0.1, -0.05) is 15.9 Å². The van der Waals surface area contributed by atoms with Crippen molar-refractivity contribution in [3.8, 4) is 16.9 Å². The SMILES string of the molecule is Cc1cc(-n2c(-c3cc(F)c(S(C)(=O)=O)cc3F)coc2=O)ccc1Br. The van der Waals surface area contributed by atoms with Crippen LogP contribution >= 0.6 is 15.9 Å². The van der Waals surface area contributed by atoms with Crippen LogP contribution in [0.15, 0.2) is 55.2 Å². The summed E-state index contributed by atoms with van der Waals surface area (Å²) in [5.74, 6) is -2.89. The number of halogens is 3. The number of hydrogen-bond donors (Lipinski definition) is 0. The molecule has 5 nitrogen and oxygen atoms in total. The van der Waals surface area contributed by atoms with E-state index in [2.05, 4.69) is 15.9 Å². The molecular formula is C17H12BrF2NO4S. The van der Waals surface area contributed by atoms with Gasteiger partial charge in [-0.3, -0.25) is 0 Å². The van der Waals surface area contributed by atoms with Crippen molar-refractivity contribution in [3.63, 3.8) is 0 Å². The normalized spacial score (nSPS) is 11.7. The molecule has 1 aromatic heterocycles. The van der Waals surface area contributed by atoms with Crippen LogP contribution < -0.4 is 5.76 Å². The Kier molecular flexibility index (Phi) is 4.61. The van der Waals surface area contributed by atoms with Crippen LogP contribution in [0.5, 0.6) is 0 Å². The molecule has 0 radical (unpaired) electrons. The summed E-state index contributed by atoms with van der Waals surface area (Å²) in [5, 5.41) is 0. The lowest BCUT2D eigenvalue weighted by Crippen LogP contribution is -2.14. The molecule has 0 spiro atoms. The van der Waals surface area contributed by atoms with Gasteiger partial charge in [0.2, 0.25) is 0 Å². The van der Waals surface area contributed by atoms with Crippen molar-refractivity contribution in [2.24, 2.45) is 0 Å². The van der Waals surface area contributed by atoms with E-state index in [1.54, 1.807) is 25.1 Å². The van der Waals surface area contributed by atoms with E-state index < -0.39 is 32.1 Å². The van der Waals surface area contributed by atoms with Crippen molar-refractivity contribution >= 4 is 25.8 Å². The summed E-state index contributed by atoms with van der Waals surface area (Å²) in [7, 11) is -3.93. The second-order valence-corrected chi connectivity index (χ2v) is 8.53. The first-order chi connectivity index (χ1) is 12.1. The molecule has 0 fully saturated rings. The van der Waals surface area contributed by atoms with Crippen molar-refractivity contribution < 1.29 is 21.6 Å². The molecule has 0 aliphatic carbocycles. The zero-order chi connectivity index (χ0) is 19.2. The van der Waals surface area contributed by atoms with Gasteiger partial charge in [-0.05, 0) is 42.8 Å². The standard InChI is InChI=1S/C17H12BrF2NO4S/c1-9-5-10(3-4-12(9)18)21-15(8-25-17(21)22)11-6-14(20)16(7-13(11)19)26(2,23)24/h3-8H,1-2H3. The summed E-state index contributed by atoms with van der Waals surface area (Å²) in [6, 6.07) is 6.31. The fourth-order valence-electron chi connectivity index (χ4n) is 2.52. The maximum Gasteiger partial charge on any atom is 0.424 e. The highest BCUT2D eigenvalue weighted by molar-refractivity contribution is 9.10. The third-order valence-electron chi connectivity index (χ3n) is 3.79. The summed E-state index contributed by atoms with van der Waals surface area (Å²) >= 11 is 3.34. The van der Waals surface area contributed by atoms with Crippen LogP contribution in [0.1, 0.15) is 5.56 Å². The van der Waals surface area contributed by atoms with E-state index in [4.69, 9.17) is 4.42 Å². The lowest BCUT2D eigenvalue weighted by molar-refractivity contribution is 0.504. The number of benzene rings is 2. The first kappa shape index (κ1) is 18.5. The molecule has 1 heterocycles. The Morgan fingerprint density at radius 2 is 1.81 bits per heavy atom. The number of aryl methyl sites for hydroxylation is 1. The molecule has 26 heavy (non-hydrogen) atoms. The number of rotatable bonds is 3. The summed E-state index contributed by atoms with van der Waals surface area (Å²) in [5.41, 5.74) is 0.890. The molecule has 9 heteroatoms. The Morgan fingerprint density at radius 3 is 2.42 bits per heavy atom. The summed E-state index contributed by atoms with van der Waals surface area (Å²) in [6.07, 6.45) is 1.78. The Bertz CT molecular complexity index is 1180. The monoisotopic (exact) mass is 443 g/mol. The third-order valence-corrected chi connectivity index (χ3v) is 5.79. The molecule has 0 bridgehead atoms. The molecule has 3 aromatic rings. The lowest BCUT2D eigenvalue weighted by atomic mass is 10.1. The minimum atomic E-state index is -3.93. The topological polar surface area (TPSA) is 69.3 Å². The van der Waals surface area contributed by atoms with Gasteiger partial charge < -0.3 is 4.42 Å². The molecule has 0 atom stereocenters. The van der Waals surface area contributed by atoms with E-state index in [0.717, 1.165) is 33.2 Å². The van der Waals surface area contributed by atoms with Crippen LogP contribution in [0.4, 0.5) is 8.78 Å². The van der Waals surface area contributed by atoms with Gasteiger partial charge >= 0.3 is 5.76 Å². The van der Waals surface area contributed by atoms with Gasteiger partial charge in [-0.2, -0.15) is 0 Å². The van der Waals surface area contributed by atoms with E-state index in [9.17, 15) is 22.0 Å². The fourth-order valence-corrected chi connectivity index (χ4v) is 3.49. The zero-order valence-electron chi connectivity index (χ0n) is 13.6. The van der Waals surface area contributed by atoms with Crippen molar-refractivity contribution in [2.75, 3.05) is 6.26 Å². The smallest absolute Gasteiger partial charge is 0.415 e. The number of sulfone groups is 1. The largest absolute Gasteiger partial charge is 0.424 e. The van der Waals surface area contributed by atoms with Crippen molar-refractivity contribution in [2.45, 2.75) is 11.8 Å². The second-order valence-electron chi connectivity index (χ2n) is 5.69. The number of oxazole rings is 1. The van der Waals surface area contributed by atoms with Gasteiger partial charge in [0.15, 0.2) is 9.84 Å². The molecule has 0 aliphatic rings. The van der Waals surface area contributed by atoms with Crippen molar-refractivity contribution in [1.82, 2.24) is 4.57 Å². The summed E-state index contributed by atoms with van der Waals surface area (Å²) < 4.78 is 58.5. The highest BCUT2D eigenvalue weighted by Crippen LogP contribution is 2.29. The van der Waals surface area contributed by atoms with Gasteiger partial charge in [0.05, 0.1) is 11.4 Å². The van der Waals surface area contributed by atoms with E-state index in [1.807, 2.05) is 0 Å². The molecule has 0 amide bonds. The minimum Gasteiger partial charge on any atom is -0.415 e. The number of aromatic nitrogens is 1. The molecule has 0 unspecified atom stereocenters. The molecule has 0 saturated carbocycles. The Balaban J connectivity index is 2.26. The molecular weight excluding hydrogens is 432 g/mol. The first-order valence-electron chi connectivity index (χ1n) is 7.26.